The van der Waals surface area contributed by atoms with Gasteiger partial charge >= 0.3 is 11.9 Å². The number of carbonyl (C=O) groups is 2. The smallest absolute Gasteiger partial charge is 0.441 e. The van der Waals surface area contributed by atoms with Crippen molar-refractivity contribution in [3.8, 4) is 17.2 Å². The quantitative estimate of drug-likeness (QED) is 0.468. The Kier molecular flexibility index (Phi) is 5.92. The number of carbonyl (C=O) groups excluding carboxylic acids is 2. The summed E-state index contributed by atoms with van der Waals surface area (Å²) in [6.45, 7) is 2.44. The van der Waals surface area contributed by atoms with E-state index < -0.39 is 24.3 Å². The van der Waals surface area contributed by atoms with E-state index in [1.807, 2.05) is 37.3 Å². The van der Waals surface area contributed by atoms with Gasteiger partial charge in [-0.3, -0.25) is 0 Å². The van der Waals surface area contributed by atoms with Crippen LogP contribution >= 0.6 is 0 Å². The lowest BCUT2D eigenvalue weighted by atomic mass is 10.1. The molecule has 31 heavy (non-hydrogen) atoms. The second-order valence-electron chi connectivity index (χ2n) is 6.83. The maximum absolute atomic E-state index is 11.8. The standard InChI is InChI=1S/C22H22N2O7/c1-3-28-16-10-9-15(27-2)12-17(16)29-18(11-14-7-5-4-6-8-14)20-23-19-13-24(20)31-22(26)21(25)30-19/h4-10,12,18-19H,3,11,13H2,1-2H3. The molecule has 162 valence electrons. The van der Waals surface area contributed by atoms with Crippen molar-refractivity contribution in [1.82, 2.24) is 5.06 Å². The van der Waals surface area contributed by atoms with Gasteiger partial charge in [-0.1, -0.05) is 30.3 Å². The van der Waals surface area contributed by atoms with Gasteiger partial charge in [-0.25, -0.2) is 14.6 Å². The molecular weight excluding hydrogens is 404 g/mol. The molecule has 2 aromatic carbocycles. The van der Waals surface area contributed by atoms with Crippen molar-refractivity contribution >= 4 is 17.8 Å². The largest absolute Gasteiger partial charge is 0.497 e. The molecule has 2 aromatic rings. The molecule has 0 radical (unpaired) electrons. The average Bonchev–Trinajstić information content (AvgIpc) is 3.10. The van der Waals surface area contributed by atoms with Gasteiger partial charge < -0.3 is 23.8 Å². The molecule has 0 amide bonds. The fraction of sp³-hybridized carbons (Fsp3) is 0.318. The summed E-state index contributed by atoms with van der Waals surface area (Å²) < 4.78 is 22.4. The molecule has 1 saturated heterocycles. The molecule has 9 nitrogen and oxygen atoms in total. The molecule has 2 bridgehead atoms. The topological polar surface area (TPSA) is 95.9 Å². The van der Waals surface area contributed by atoms with Crippen molar-refractivity contribution < 1.29 is 33.4 Å². The first-order valence-corrected chi connectivity index (χ1v) is 9.87. The number of hydroxylamine groups is 2. The Morgan fingerprint density at radius 3 is 2.68 bits per heavy atom. The van der Waals surface area contributed by atoms with Gasteiger partial charge in [0, 0.05) is 12.5 Å². The van der Waals surface area contributed by atoms with Crippen LogP contribution in [0.4, 0.5) is 0 Å². The highest BCUT2D eigenvalue weighted by atomic mass is 16.7. The Hall–Kier alpha value is -3.75. The zero-order valence-electron chi connectivity index (χ0n) is 17.1. The van der Waals surface area contributed by atoms with Crippen molar-refractivity contribution in [2.45, 2.75) is 25.7 Å². The number of methoxy groups -OCH3 is 1. The van der Waals surface area contributed by atoms with E-state index in [-0.39, 0.29) is 6.54 Å². The predicted octanol–water partition coefficient (Wildman–Crippen LogP) is 2.14. The maximum atomic E-state index is 11.8. The first-order chi connectivity index (χ1) is 15.1. The third-order valence-electron chi connectivity index (χ3n) is 4.73. The molecule has 1 fully saturated rings. The van der Waals surface area contributed by atoms with Crippen LogP contribution in [0.15, 0.2) is 53.5 Å². The Bertz CT molecular complexity index is 993. The first kappa shape index (κ1) is 20.5. The van der Waals surface area contributed by atoms with Crippen LogP contribution in [0, 0.1) is 0 Å². The molecule has 9 heteroatoms. The zero-order chi connectivity index (χ0) is 21.8. The highest BCUT2D eigenvalue weighted by Gasteiger charge is 2.42. The highest BCUT2D eigenvalue weighted by Crippen LogP contribution is 2.34. The van der Waals surface area contributed by atoms with Crippen LogP contribution in [-0.4, -0.2) is 55.4 Å². The minimum atomic E-state index is -1.09. The van der Waals surface area contributed by atoms with E-state index in [1.54, 1.807) is 25.3 Å². The molecule has 0 saturated carbocycles. The average molecular weight is 426 g/mol. The Balaban J connectivity index is 1.68. The molecule has 2 unspecified atom stereocenters. The van der Waals surface area contributed by atoms with E-state index >= 15 is 0 Å². The molecular formula is C22H22N2O7. The van der Waals surface area contributed by atoms with E-state index in [9.17, 15) is 9.59 Å². The summed E-state index contributed by atoms with van der Waals surface area (Å²) in [6, 6.07) is 14.9. The monoisotopic (exact) mass is 426 g/mol. The SMILES string of the molecule is CCOc1ccc(OC)cc1OC(Cc1ccccc1)C1=NC2CN1OC(=O)C(=O)O2. The maximum Gasteiger partial charge on any atom is 0.441 e. The normalized spacial score (nSPS) is 18.5. The summed E-state index contributed by atoms with van der Waals surface area (Å²) in [6.07, 6.45) is -1.06. The van der Waals surface area contributed by atoms with Crippen LogP contribution in [0.1, 0.15) is 12.5 Å². The van der Waals surface area contributed by atoms with E-state index in [1.165, 1.54) is 5.06 Å². The number of hydrogen-bond donors (Lipinski definition) is 0. The molecule has 2 aliphatic heterocycles. The predicted molar refractivity (Wildman–Crippen MR) is 109 cm³/mol. The summed E-state index contributed by atoms with van der Waals surface area (Å²) in [5.74, 6) is -0.222. The van der Waals surface area contributed by atoms with Crippen LogP contribution in [0.25, 0.3) is 0 Å². The number of hydrogen-bond acceptors (Lipinski definition) is 9. The molecule has 2 heterocycles. The fourth-order valence-electron chi connectivity index (χ4n) is 3.34. The van der Waals surface area contributed by atoms with E-state index in [0.29, 0.717) is 36.1 Å². The van der Waals surface area contributed by atoms with Gasteiger partial charge in [-0.05, 0) is 24.6 Å². The van der Waals surface area contributed by atoms with Crippen molar-refractivity contribution in [2.24, 2.45) is 4.99 Å². The molecule has 2 aliphatic rings. The lowest BCUT2D eigenvalue weighted by Crippen LogP contribution is -2.42. The summed E-state index contributed by atoms with van der Waals surface area (Å²) in [5, 5.41) is 1.26. The Morgan fingerprint density at radius 2 is 1.94 bits per heavy atom. The minimum absolute atomic E-state index is 0.109. The molecule has 4 rings (SSSR count). The highest BCUT2D eigenvalue weighted by molar-refractivity contribution is 6.30. The van der Waals surface area contributed by atoms with Gasteiger partial charge in [0.15, 0.2) is 23.4 Å². The van der Waals surface area contributed by atoms with Crippen LogP contribution in [0.2, 0.25) is 0 Å². The summed E-state index contributed by atoms with van der Waals surface area (Å²) in [7, 11) is 1.56. The van der Waals surface area contributed by atoms with Crippen LogP contribution in [-0.2, 0) is 25.6 Å². The number of fused-ring (bicyclic) bond motifs is 2. The summed E-state index contributed by atoms with van der Waals surface area (Å²) in [4.78, 5) is 33.0. The Morgan fingerprint density at radius 1 is 1.13 bits per heavy atom. The van der Waals surface area contributed by atoms with Gasteiger partial charge in [-0.15, -0.1) is 0 Å². The van der Waals surface area contributed by atoms with Crippen molar-refractivity contribution in [1.29, 1.82) is 0 Å². The van der Waals surface area contributed by atoms with Crippen LogP contribution in [0.5, 0.6) is 17.2 Å². The number of nitrogens with zero attached hydrogens (tertiary/aromatic N) is 2. The number of aliphatic imine (C=N–C) groups is 1. The number of amidine groups is 1. The second kappa shape index (κ2) is 8.95. The molecule has 0 aliphatic carbocycles. The number of benzene rings is 2. The number of rotatable bonds is 8. The molecule has 2 atom stereocenters. The van der Waals surface area contributed by atoms with Crippen molar-refractivity contribution in [3.05, 3.63) is 54.1 Å². The van der Waals surface area contributed by atoms with Crippen LogP contribution < -0.4 is 14.2 Å². The lowest BCUT2D eigenvalue weighted by Gasteiger charge is -2.26. The van der Waals surface area contributed by atoms with Gasteiger partial charge in [0.1, 0.15) is 12.3 Å². The van der Waals surface area contributed by atoms with Gasteiger partial charge in [0.05, 0.1) is 13.7 Å². The van der Waals surface area contributed by atoms with Gasteiger partial charge in [-0.2, -0.15) is 5.06 Å². The molecule has 0 spiro atoms. The summed E-state index contributed by atoms with van der Waals surface area (Å²) in [5.41, 5.74) is 0.986. The molecule has 0 N–H and O–H groups in total. The Labute approximate surface area is 179 Å². The van der Waals surface area contributed by atoms with Crippen molar-refractivity contribution in [3.63, 3.8) is 0 Å². The minimum Gasteiger partial charge on any atom is -0.497 e. The molecule has 0 aromatic heterocycles. The van der Waals surface area contributed by atoms with E-state index in [2.05, 4.69) is 4.99 Å². The third-order valence-corrected chi connectivity index (χ3v) is 4.73. The van der Waals surface area contributed by atoms with Gasteiger partial charge in [0.2, 0.25) is 6.23 Å². The van der Waals surface area contributed by atoms with E-state index in [0.717, 1.165) is 5.56 Å². The number of ether oxygens (including phenoxy) is 4. The fourth-order valence-corrected chi connectivity index (χ4v) is 3.34. The second-order valence-corrected chi connectivity index (χ2v) is 6.83. The third kappa shape index (κ3) is 4.55. The number of esters is 1. The first-order valence-electron chi connectivity index (χ1n) is 9.87. The zero-order valence-corrected chi connectivity index (χ0v) is 17.1. The van der Waals surface area contributed by atoms with E-state index in [4.69, 9.17) is 23.8 Å². The van der Waals surface area contributed by atoms with Gasteiger partial charge in [0.25, 0.3) is 0 Å². The van der Waals surface area contributed by atoms with Crippen molar-refractivity contribution in [2.75, 3.05) is 20.3 Å². The lowest BCUT2D eigenvalue weighted by molar-refractivity contribution is -0.179. The van der Waals surface area contributed by atoms with Crippen LogP contribution in [0.3, 0.4) is 0 Å². The summed E-state index contributed by atoms with van der Waals surface area (Å²) >= 11 is 0.